The summed E-state index contributed by atoms with van der Waals surface area (Å²) in [5, 5.41) is 0. The van der Waals surface area contributed by atoms with Crippen LogP contribution in [0.5, 0.6) is 0 Å². The van der Waals surface area contributed by atoms with Crippen LogP contribution in [0.15, 0.2) is 0 Å². The molecule has 2 N–H and O–H groups in total. The molecule has 2 radical (unpaired) electrons. The number of rotatable bonds is 0. The van der Waals surface area contributed by atoms with Gasteiger partial charge >= 0.3 is 63.2 Å². The van der Waals surface area contributed by atoms with Crippen LogP contribution in [-0.4, -0.2) is 34.2 Å². The summed E-state index contributed by atoms with van der Waals surface area (Å²) >= 11 is -0.667. The molecule has 0 heterocycles. The first kappa shape index (κ1) is 16.6. The molecule has 0 aliphatic carbocycles. The Morgan fingerprint density at radius 1 is 0.556 bits per heavy atom. The monoisotopic (exact) mass is 256 g/mol. The molecule has 58 valence electrons. The van der Waals surface area contributed by atoms with Gasteiger partial charge in [-0.15, -0.1) is 0 Å². The molecule has 0 fully saturated rings. The molecule has 0 atom stereocenters. The Labute approximate surface area is 68.8 Å². The van der Waals surface area contributed by atoms with Crippen LogP contribution in [-0.2, 0) is 0 Å². The van der Waals surface area contributed by atoms with Crippen molar-refractivity contribution in [2.75, 3.05) is 0 Å². The van der Waals surface area contributed by atoms with Crippen molar-refractivity contribution < 1.29 is 5.48 Å². The topological polar surface area (TPSA) is 31.5 Å². The van der Waals surface area contributed by atoms with Gasteiger partial charge in [-0.2, -0.15) is 0 Å². The third kappa shape index (κ3) is 411. The van der Waals surface area contributed by atoms with E-state index in [1.165, 1.54) is 0 Å². The van der Waals surface area contributed by atoms with E-state index in [0.717, 1.165) is 0 Å². The average molecular weight is 253 g/mol. The van der Waals surface area contributed by atoms with Crippen LogP contribution in [0, 0.1) is 0 Å². The average Bonchev–Trinajstić information content (AvgIpc) is 1.25. The predicted molar refractivity (Wildman–Crippen MR) is 50.3 cm³/mol. The summed E-state index contributed by atoms with van der Waals surface area (Å²) in [6.07, 6.45) is 0. The van der Waals surface area contributed by atoms with Crippen LogP contribution < -0.4 is 0 Å². The second-order valence-corrected chi connectivity index (χ2v) is 15.6. The molecule has 0 amide bonds. The fraction of sp³-hybridized carbons (Fsp3) is 1.00. The van der Waals surface area contributed by atoms with E-state index in [9.17, 15) is 0 Å². The summed E-state index contributed by atoms with van der Waals surface area (Å²) in [4.78, 5) is 0. The van der Waals surface area contributed by atoms with Crippen molar-refractivity contribution in [3.05, 3.63) is 0 Å². The first-order chi connectivity index (χ1) is 3.46. The van der Waals surface area contributed by atoms with Gasteiger partial charge in [0.1, 0.15) is 0 Å². The maximum absolute atomic E-state index is 2.33. The molecule has 0 spiro atoms. The van der Waals surface area contributed by atoms with Crippen molar-refractivity contribution >= 4 is 28.7 Å². The van der Waals surface area contributed by atoms with Gasteiger partial charge in [-0.3, -0.25) is 0 Å². The van der Waals surface area contributed by atoms with Gasteiger partial charge in [0.25, 0.3) is 0 Å². The van der Waals surface area contributed by atoms with Crippen molar-refractivity contribution in [3.63, 3.8) is 0 Å². The first-order valence-electron chi connectivity index (χ1n) is 3.00. The minimum atomic E-state index is -0.333. The summed E-state index contributed by atoms with van der Waals surface area (Å²) < 4.78 is 0. The van der Waals surface area contributed by atoms with Crippen LogP contribution in [0.4, 0.5) is 0 Å². The van der Waals surface area contributed by atoms with Crippen molar-refractivity contribution in [2.45, 2.75) is 34.5 Å². The zero-order valence-corrected chi connectivity index (χ0v) is 11.7. The van der Waals surface area contributed by atoms with Crippen LogP contribution in [0.25, 0.3) is 0 Å². The fourth-order valence-corrected chi connectivity index (χ4v) is 0. The second-order valence-electron chi connectivity index (χ2n) is 3.00. The van der Waals surface area contributed by atoms with E-state index < -0.39 is 0 Å². The summed E-state index contributed by atoms with van der Waals surface area (Å²) in [5.41, 5.74) is 0. The second kappa shape index (κ2) is 11.8. The Hall–Kier alpha value is 1.05. The standard InChI is InChI=1S/2C3H9Ge.H2O/c2*1-4(2)3;/h2*1-3H3;1H2. The van der Waals surface area contributed by atoms with Gasteiger partial charge in [0, 0.05) is 0 Å². The molecule has 0 aromatic carbocycles. The Morgan fingerprint density at radius 3 is 0.556 bits per heavy atom. The predicted octanol–water partition coefficient (Wildman–Crippen LogP) is 1.92. The van der Waals surface area contributed by atoms with E-state index >= 15 is 0 Å². The van der Waals surface area contributed by atoms with Crippen molar-refractivity contribution in [1.82, 2.24) is 0 Å². The number of hydrogen-bond acceptors (Lipinski definition) is 0. The summed E-state index contributed by atoms with van der Waals surface area (Å²) in [7, 11) is 0. The van der Waals surface area contributed by atoms with E-state index in [2.05, 4.69) is 34.5 Å². The van der Waals surface area contributed by atoms with Gasteiger partial charge in [-0.25, -0.2) is 0 Å². The van der Waals surface area contributed by atoms with Crippen molar-refractivity contribution in [2.24, 2.45) is 0 Å². The Morgan fingerprint density at radius 2 is 0.556 bits per heavy atom. The zero-order chi connectivity index (χ0) is 7.15. The van der Waals surface area contributed by atoms with Crippen molar-refractivity contribution in [3.8, 4) is 0 Å². The van der Waals surface area contributed by atoms with Crippen LogP contribution in [0.2, 0.25) is 34.5 Å². The van der Waals surface area contributed by atoms with E-state index in [1.54, 1.807) is 0 Å². The molecule has 0 saturated heterocycles. The molecular formula is C6H20Ge2O. The number of hydrogen-bond donors (Lipinski definition) is 0. The van der Waals surface area contributed by atoms with Crippen LogP contribution in [0.1, 0.15) is 0 Å². The molecular weight excluding hydrogens is 233 g/mol. The van der Waals surface area contributed by atoms with Gasteiger partial charge in [0.2, 0.25) is 0 Å². The summed E-state index contributed by atoms with van der Waals surface area (Å²) in [6, 6.07) is 0. The Kier molecular flexibility index (Phi) is 21.7. The fourth-order valence-electron chi connectivity index (χ4n) is 0. The van der Waals surface area contributed by atoms with Gasteiger partial charge < -0.3 is 5.48 Å². The van der Waals surface area contributed by atoms with Gasteiger partial charge in [0.15, 0.2) is 0 Å². The summed E-state index contributed by atoms with van der Waals surface area (Å²) in [5.74, 6) is 14.0. The van der Waals surface area contributed by atoms with E-state index in [0.29, 0.717) is 0 Å². The van der Waals surface area contributed by atoms with Gasteiger partial charge in [-0.1, -0.05) is 0 Å². The zero-order valence-electron chi connectivity index (χ0n) is 7.50. The molecule has 0 aliphatic heterocycles. The SMILES string of the molecule is O.[CH3][Ge]([CH3])[CH3].[CH3][Ge]([CH3])[CH3]. The molecule has 3 heteroatoms. The van der Waals surface area contributed by atoms with E-state index in [1.807, 2.05) is 0 Å². The molecule has 0 rings (SSSR count). The molecule has 0 aromatic rings. The molecule has 1 nitrogen and oxygen atoms in total. The Bertz CT molecular complexity index is 26.5. The molecule has 0 bridgehead atoms. The maximum atomic E-state index is 2.33. The van der Waals surface area contributed by atoms with Crippen LogP contribution >= 0.6 is 0 Å². The minimum absolute atomic E-state index is 0. The first-order valence-corrected chi connectivity index (χ1v) is 15.6. The third-order valence-corrected chi connectivity index (χ3v) is 0. The molecule has 0 aromatic heterocycles. The van der Waals surface area contributed by atoms with E-state index in [4.69, 9.17) is 0 Å². The molecule has 0 aliphatic rings. The third-order valence-electron chi connectivity index (χ3n) is 0. The molecule has 0 unspecified atom stereocenters. The van der Waals surface area contributed by atoms with Gasteiger partial charge in [0.05, 0.1) is 0 Å². The van der Waals surface area contributed by atoms with Crippen molar-refractivity contribution in [1.29, 1.82) is 0 Å². The summed E-state index contributed by atoms with van der Waals surface area (Å²) in [6.45, 7) is 0. The molecule has 0 saturated carbocycles. The quantitative estimate of drug-likeness (QED) is 0.591. The van der Waals surface area contributed by atoms with Gasteiger partial charge in [-0.05, 0) is 0 Å². The normalized spacial score (nSPS) is 8.00. The molecule has 9 heavy (non-hydrogen) atoms. The van der Waals surface area contributed by atoms with E-state index in [-0.39, 0.29) is 34.2 Å². The van der Waals surface area contributed by atoms with Crippen LogP contribution in [0.3, 0.4) is 0 Å². The Balaban J connectivity index is -0.0000000720.